The van der Waals surface area contributed by atoms with Crippen LogP contribution in [0.1, 0.15) is 0 Å². The van der Waals surface area contributed by atoms with Crippen molar-refractivity contribution < 1.29 is 4.92 Å². The predicted octanol–water partition coefficient (Wildman–Crippen LogP) is 0.185. The molecule has 1 aromatic rings. The molecule has 1 aromatic heterocycles. The normalized spacial score (nSPS) is 8.89. The van der Waals surface area contributed by atoms with Crippen LogP contribution in [0.3, 0.4) is 0 Å². The number of nitro groups is 1. The van der Waals surface area contributed by atoms with E-state index in [9.17, 15) is 10.1 Å². The topological polar surface area (TPSA) is 68.9 Å². The van der Waals surface area contributed by atoms with E-state index in [4.69, 9.17) is 0 Å². The minimum atomic E-state index is -0.659. The molecule has 5 nitrogen and oxygen atoms in total. The van der Waals surface area contributed by atoms with Crippen molar-refractivity contribution in [2.45, 2.75) is 0 Å². The molecule has 0 N–H and O–H groups in total. The third-order valence-corrected chi connectivity index (χ3v) is 0.672. The van der Waals surface area contributed by atoms with Gasteiger partial charge in [0.1, 0.15) is 12.4 Å². The van der Waals surface area contributed by atoms with E-state index in [1.165, 1.54) is 12.4 Å². The molecule has 9 heavy (non-hydrogen) atoms. The minimum Gasteiger partial charge on any atom is -0.390 e. The Hall–Kier alpha value is -1.52. The average Bonchev–Trinajstić information content (AvgIpc) is 1.90. The Bertz CT molecular complexity index is 210. The van der Waals surface area contributed by atoms with E-state index in [1.807, 2.05) is 0 Å². The van der Waals surface area contributed by atoms with E-state index in [1.54, 1.807) is 0 Å². The summed E-state index contributed by atoms with van der Waals surface area (Å²) >= 11 is 0. The van der Waals surface area contributed by atoms with Crippen LogP contribution in [0.25, 0.3) is 0 Å². The second-order valence-corrected chi connectivity index (χ2v) is 1.24. The lowest BCUT2D eigenvalue weighted by Crippen LogP contribution is -1.93. The second kappa shape index (κ2) is 2.17. The van der Waals surface area contributed by atoms with Gasteiger partial charge in [0, 0.05) is 0 Å². The second-order valence-electron chi connectivity index (χ2n) is 1.24. The molecule has 0 aliphatic carbocycles. The quantitative estimate of drug-likeness (QED) is 0.395. The van der Waals surface area contributed by atoms with E-state index in [0.717, 1.165) is 0 Å². The molecule has 0 unspecified atom stereocenters. The third-order valence-electron chi connectivity index (χ3n) is 0.672. The van der Waals surface area contributed by atoms with Gasteiger partial charge in [-0.1, -0.05) is 9.97 Å². The van der Waals surface area contributed by atoms with Crippen LogP contribution in [-0.4, -0.2) is 14.9 Å². The number of hydrogen-bond acceptors (Lipinski definition) is 4. The molecule has 0 amide bonds. The highest BCUT2D eigenvalue weighted by Crippen LogP contribution is 1.95. The molecule has 0 aromatic carbocycles. The monoisotopic (exact) mass is 124 g/mol. The van der Waals surface area contributed by atoms with Crippen molar-refractivity contribution in [1.29, 1.82) is 0 Å². The lowest BCUT2D eigenvalue weighted by Gasteiger charge is -1.86. The maximum atomic E-state index is 9.87. The van der Waals surface area contributed by atoms with Crippen LogP contribution in [-0.2, 0) is 0 Å². The molecule has 0 aliphatic heterocycles. The Kier molecular flexibility index (Phi) is 1.35. The van der Waals surface area contributed by atoms with Gasteiger partial charge in [0.15, 0.2) is 0 Å². The molecule has 45 valence electrons. The standard InChI is InChI=1S/C4H2N3O2/c8-7(9)4-5-2-1-3-6-4/h2-3H. The first-order valence-electron chi connectivity index (χ1n) is 2.13. The van der Waals surface area contributed by atoms with E-state index in [0.29, 0.717) is 0 Å². The van der Waals surface area contributed by atoms with Crippen molar-refractivity contribution in [1.82, 2.24) is 9.97 Å². The molecule has 0 saturated carbocycles. The van der Waals surface area contributed by atoms with Gasteiger partial charge < -0.3 is 10.1 Å². The fraction of sp³-hybridized carbons (Fsp3) is 0. The molecule has 5 heteroatoms. The van der Waals surface area contributed by atoms with Gasteiger partial charge in [0.2, 0.25) is 0 Å². The molecule has 0 aliphatic rings. The van der Waals surface area contributed by atoms with E-state index >= 15 is 0 Å². The molecule has 1 rings (SSSR count). The van der Waals surface area contributed by atoms with Gasteiger partial charge in [-0.2, -0.15) is 0 Å². The summed E-state index contributed by atoms with van der Waals surface area (Å²) < 4.78 is 0. The van der Waals surface area contributed by atoms with Crippen LogP contribution in [0.15, 0.2) is 12.4 Å². The van der Waals surface area contributed by atoms with Gasteiger partial charge in [-0.05, 0) is 4.92 Å². The van der Waals surface area contributed by atoms with Crippen LogP contribution in [0.4, 0.5) is 5.95 Å². The minimum absolute atomic E-state index is 0.395. The van der Waals surface area contributed by atoms with Crippen LogP contribution in [0.2, 0.25) is 0 Å². The van der Waals surface area contributed by atoms with Crippen molar-refractivity contribution >= 4 is 5.95 Å². The summed E-state index contributed by atoms with van der Waals surface area (Å²) in [5, 5.41) is 9.87. The third kappa shape index (κ3) is 1.18. The highest BCUT2D eigenvalue weighted by atomic mass is 16.6. The average molecular weight is 124 g/mol. The predicted molar refractivity (Wildman–Crippen MR) is 27.5 cm³/mol. The largest absolute Gasteiger partial charge is 0.468 e. The lowest BCUT2D eigenvalue weighted by atomic mass is 10.7. The molecule has 0 spiro atoms. The zero-order valence-electron chi connectivity index (χ0n) is 4.31. The number of hydrogen-bond donors (Lipinski definition) is 0. The highest BCUT2D eigenvalue weighted by molar-refractivity contribution is 4.99. The van der Waals surface area contributed by atoms with Gasteiger partial charge in [-0.3, -0.25) is 0 Å². The first kappa shape index (κ1) is 5.61. The van der Waals surface area contributed by atoms with Crippen LogP contribution >= 0.6 is 0 Å². The maximum Gasteiger partial charge on any atom is 0.468 e. The summed E-state index contributed by atoms with van der Waals surface area (Å²) in [4.78, 5) is 15.8. The Morgan fingerprint density at radius 1 is 1.56 bits per heavy atom. The molecule has 1 heterocycles. The highest BCUT2D eigenvalue weighted by Gasteiger charge is 2.03. The van der Waals surface area contributed by atoms with Gasteiger partial charge >= 0.3 is 5.95 Å². The number of rotatable bonds is 1. The summed E-state index contributed by atoms with van der Waals surface area (Å²) in [6.07, 6.45) is 2.40. The van der Waals surface area contributed by atoms with Gasteiger partial charge in [0.05, 0.1) is 6.07 Å². The fourth-order valence-electron chi connectivity index (χ4n) is 0.351. The van der Waals surface area contributed by atoms with E-state index in [-0.39, 0.29) is 0 Å². The summed E-state index contributed by atoms with van der Waals surface area (Å²) in [7, 11) is 0. The molecular formula is C4H2N3O2. The molecule has 1 radical (unpaired) electrons. The van der Waals surface area contributed by atoms with E-state index in [2.05, 4.69) is 16.0 Å². The Morgan fingerprint density at radius 2 is 2.11 bits per heavy atom. The molecule has 0 fully saturated rings. The zero-order chi connectivity index (χ0) is 6.69. The summed E-state index contributed by atoms with van der Waals surface area (Å²) in [6.45, 7) is 0. The van der Waals surface area contributed by atoms with Crippen molar-refractivity contribution in [3.63, 3.8) is 0 Å². The lowest BCUT2D eigenvalue weighted by molar-refractivity contribution is -0.394. The fourth-order valence-corrected chi connectivity index (χ4v) is 0.351. The summed E-state index contributed by atoms with van der Waals surface area (Å²) in [5.74, 6) is -0.395. The number of aromatic nitrogens is 2. The van der Waals surface area contributed by atoms with Crippen LogP contribution in [0.5, 0.6) is 0 Å². The van der Waals surface area contributed by atoms with Crippen molar-refractivity contribution in [3.8, 4) is 0 Å². The zero-order valence-corrected chi connectivity index (χ0v) is 4.31. The molecule has 0 saturated heterocycles. The van der Waals surface area contributed by atoms with Crippen LogP contribution in [0, 0.1) is 16.2 Å². The molecular weight excluding hydrogens is 122 g/mol. The Balaban J connectivity index is 2.98. The number of nitrogens with zero attached hydrogens (tertiary/aromatic N) is 3. The Morgan fingerprint density at radius 3 is 2.44 bits per heavy atom. The van der Waals surface area contributed by atoms with Gasteiger partial charge in [-0.25, -0.2) is 0 Å². The Labute approximate surface area is 50.5 Å². The van der Waals surface area contributed by atoms with Crippen molar-refractivity contribution in [2.24, 2.45) is 0 Å². The summed E-state index contributed by atoms with van der Waals surface area (Å²) in [5.41, 5.74) is 0. The first-order chi connectivity index (χ1) is 4.30. The van der Waals surface area contributed by atoms with Crippen molar-refractivity contribution in [2.75, 3.05) is 0 Å². The van der Waals surface area contributed by atoms with Crippen molar-refractivity contribution in [3.05, 3.63) is 28.6 Å². The van der Waals surface area contributed by atoms with E-state index < -0.39 is 10.9 Å². The molecule has 0 bridgehead atoms. The van der Waals surface area contributed by atoms with Gasteiger partial charge in [0.25, 0.3) is 0 Å². The summed E-state index contributed by atoms with van der Waals surface area (Å²) in [6, 6.07) is 2.46. The first-order valence-corrected chi connectivity index (χ1v) is 2.13. The molecule has 0 atom stereocenters. The van der Waals surface area contributed by atoms with Crippen LogP contribution < -0.4 is 0 Å². The van der Waals surface area contributed by atoms with Gasteiger partial charge in [-0.15, -0.1) is 0 Å². The maximum absolute atomic E-state index is 9.87. The SMILES string of the molecule is O=[N+]([O-])c1nc[c]cn1. The smallest absolute Gasteiger partial charge is 0.390 e.